The summed E-state index contributed by atoms with van der Waals surface area (Å²) in [6.45, 7) is 2.74. The summed E-state index contributed by atoms with van der Waals surface area (Å²) in [4.78, 5) is 4.55. The van der Waals surface area contributed by atoms with Crippen molar-refractivity contribution in [3.05, 3.63) is 29.8 Å². The van der Waals surface area contributed by atoms with Crippen LogP contribution in [-0.4, -0.2) is 35.4 Å². The van der Waals surface area contributed by atoms with E-state index in [0.717, 1.165) is 40.9 Å². The monoisotopic (exact) mass is 288 g/mol. The van der Waals surface area contributed by atoms with Crippen molar-refractivity contribution in [2.75, 3.05) is 13.7 Å². The second-order valence-corrected chi connectivity index (χ2v) is 5.26. The highest BCUT2D eigenvalue weighted by Gasteiger charge is 2.27. The first-order valence-corrected chi connectivity index (χ1v) is 7.39. The molecule has 1 aromatic rings. The van der Waals surface area contributed by atoms with Crippen molar-refractivity contribution >= 4 is 28.7 Å². The molecule has 2 heterocycles. The van der Waals surface area contributed by atoms with Gasteiger partial charge in [0.25, 0.3) is 0 Å². The third kappa shape index (κ3) is 2.43. The third-order valence-corrected chi connectivity index (χ3v) is 3.91. The molecule has 0 atom stereocenters. The van der Waals surface area contributed by atoms with Crippen molar-refractivity contribution in [2.24, 2.45) is 14.5 Å². The van der Waals surface area contributed by atoms with Crippen LogP contribution in [0.4, 0.5) is 0 Å². The summed E-state index contributed by atoms with van der Waals surface area (Å²) in [6, 6.07) is 7.91. The molecule has 0 bridgehead atoms. The molecule has 0 aliphatic carbocycles. The lowest BCUT2D eigenvalue weighted by molar-refractivity contribution is 0.415. The Morgan fingerprint density at radius 1 is 1.30 bits per heavy atom. The first kappa shape index (κ1) is 13.2. The molecule has 104 valence electrons. The van der Waals surface area contributed by atoms with E-state index in [9.17, 15) is 0 Å². The number of amidine groups is 2. The Labute approximate surface area is 122 Å². The van der Waals surface area contributed by atoms with Gasteiger partial charge in [0.15, 0.2) is 0 Å². The van der Waals surface area contributed by atoms with E-state index in [2.05, 4.69) is 16.3 Å². The SMILES string of the molecule is CCCC1=NSC2=NCC(c3ccc(OC)cc3)=NN12. The van der Waals surface area contributed by atoms with Crippen molar-refractivity contribution < 1.29 is 4.74 Å². The van der Waals surface area contributed by atoms with Gasteiger partial charge in [-0.1, -0.05) is 6.92 Å². The Morgan fingerprint density at radius 3 is 2.80 bits per heavy atom. The maximum atomic E-state index is 5.17. The highest BCUT2D eigenvalue weighted by Crippen LogP contribution is 2.26. The molecule has 0 unspecified atom stereocenters. The maximum absolute atomic E-state index is 5.17. The molecule has 20 heavy (non-hydrogen) atoms. The molecular weight excluding hydrogens is 272 g/mol. The highest BCUT2D eigenvalue weighted by atomic mass is 32.2. The van der Waals surface area contributed by atoms with Gasteiger partial charge < -0.3 is 4.74 Å². The quantitative estimate of drug-likeness (QED) is 0.800. The van der Waals surface area contributed by atoms with E-state index >= 15 is 0 Å². The van der Waals surface area contributed by atoms with Crippen LogP contribution in [0.15, 0.2) is 38.8 Å². The molecule has 0 amide bonds. The number of benzene rings is 1. The predicted molar refractivity (Wildman–Crippen MR) is 83.6 cm³/mol. The molecule has 0 saturated carbocycles. The van der Waals surface area contributed by atoms with Gasteiger partial charge in [-0.15, -0.1) is 0 Å². The van der Waals surface area contributed by atoms with Gasteiger partial charge in [0.2, 0.25) is 5.17 Å². The number of methoxy groups -OCH3 is 1. The first-order chi connectivity index (χ1) is 9.81. The summed E-state index contributed by atoms with van der Waals surface area (Å²) in [5.41, 5.74) is 2.03. The minimum atomic E-state index is 0.597. The van der Waals surface area contributed by atoms with Gasteiger partial charge in [-0.05, 0) is 36.2 Å². The molecule has 1 aromatic carbocycles. The number of nitrogens with zero attached hydrogens (tertiary/aromatic N) is 4. The smallest absolute Gasteiger partial charge is 0.209 e. The van der Waals surface area contributed by atoms with Crippen LogP contribution in [0.2, 0.25) is 0 Å². The van der Waals surface area contributed by atoms with E-state index in [1.54, 1.807) is 7.11 Å². The number of hydrazone groups is 1. The summed E-state index contributed by atoms with van der Waals surface area (Å²) in [7, 11) is 1.67. The normalized spacial score (nSPS) is 17.3. The molecule has 3 rings (SSSR count). The van der Waals surface area contributed by atoms with Crippen LogP contribution in [0.1, 0.15) is 25.3 Å². The number of fused-ring (bicyclic) bond motifs is 1. The maximum Gasteiger partial charge on any atom is 0.209 e. The summed E-state index contributed by atoms with van der Waals surface area (Å²) in [5.74, 6) is 1.83. The van der Waals surface area contributed by atoms with Crippen LogP contribution in [0.25, 0.3) is 0 Å². The minimum Gasteiger partial charge on any atom is -0.497 e. The molecule has 6 heteroatoms. The van der Waals surface area contributed by atoms with Gasteiger partial charge >= 0.3 is 0 Å². The van der Waals surface area contributed by atoms with Crippen molar-refractivity contribution in [3.63, 3.8) is 0 Å². The van der Waals surface area contributed by atoms with Gasteiger partial charge in [0.1, 0.15) is 11.6 Å². The largest absolute Gasteiger partial charge is 0.497 e. The lowest BCUT2D eigenvalue weighted by Crippen LogP contribution is -2.31. The second-order valence-electron chi connectivity index (χ2n) is 4.53. The predicted octanol–water partition coefficient (Wildman–Crippen LogP) is 2.93. The zero-order valence-electron chi connectivity index (χ0n) is 11.5. The summed E-state index contributed by atoms with van der Waals surface area (Å²) < 4.78 is 9.60. The summed E-state index contributed by atoms with van der Waals surface area (Å²) in [5, 5.41) is 7.45. The van der Waals surface area contributed by atoms with E-state index in [1.807, 2.05) is 29.3 Å². The van der Waals surface area contributed by atoms with Gasteiger partial charge in [0, 0.05) is 6.42 Å². The van der Waals surface area contributed by atoms with Crippen molar-refractivity contribution in [3.8, 4) is 5.75 Å². The zero-order chi connectivity index (χ0) is 13.9. The number of rotatable bonds is 4. The van der Waals surface area contributed by atoms with E-state index < -0.39 is 0 Å². The third-order valence-electron chi connectivity index (χ3n) is 3.14. The molecule has 0 fully saturated rings. The molecule has 0 aromatic heterocycles. The van der Waals surface area contributed by atoms with Gasteiger partial charge in [-0.3, -0.25) is 4.99 Å². The van der Waals surface area contributed by atoms with Crippen LogP contribution >= 0.6 is 11.9 Å². The van der Waals surface area contributed by atoms with E-state index in [4.69, 9.17) is 9.84 Å². The molecule has 0 spiro atoms. The van der Waals surface area contributed by atoms with E-state index in [1.165, 1.54) is 11.9 Å². The van der Waals surface area contributed by atoms with Gasteiger partial charge in [0.05, 0.1) is 31.3 Å². The lowest BCUT2D eigenvalue weighted by Gasteiger charge is -2.20. The lowest BCUT2D eigenvalue weighted by atomic mass is 10.1. The fourth-order valence-corrected chi connectivity index (χ4v) is 2.78. The molecule has 0 N–H and O–H groups in total. The molecule has 2 aliphatic heterocycles. The van der Waals surface area contributed by atoms with Crippen molar-refractivity contribution in [2.45, 2.75) is 19.8 Å². The van der Waals surface area contributed by atoms with E-state index in [0.29, 0.717) is 6.54 Å². The Balaban J connectivity index is 1.84. The Bertz CT molecular complexity index is 592. The fraction of sp³-hybridized carbons (Fsp3) is 0.357. The topological polar surface area (TPSA) is 49.6 Å². The molecular formula is C14H16N4OS. The number of hydrogen-bond acceptors (Lipinski definition) is 6. The fourth-order valence-electron chi connectivity index (χ4n) is 2.08. The van der Waals surface area contributed by atoms with Gasteiger partial charge in [-0.25, -0.2) is 0 Å². The molecule has 2 aliphatic rings. The van der Waals surface area contributed by atoms with E-state index in [-0.39, 0.29) is 0 Å². The Hall–Kier alpha value is -1.82. The van der Waals surface area contributed by atoms with Crippen molar-refractivity contribution in [1.82, 2.24) is 5.01 Å². The molecule has 5 nitrogen and oxygen atoms in total. The van der Waals surface area contributed by atoms with Crippen LogP contribution in [-0.2, 0) is 0 Å². The number of hydrogen-bond donors (Lipinski definition) is 0. The summed E-state index contributed by atoms with van der Waals surface area (Å²) >= 11 is 1.41. The minimum absolute atomic E-state index is 0.597. The molecule has 0 saturated heterocycles. The second kappa shape index (κ2) is 5.66. The van der Waals surface area contributed by atoms with Crippen LogP contribution in [0.3, 0.4) is 0 Å². The number of ether oxygens (including phenoxy) is 1. The Morgan fingerprint density at radius 2 is 2.10 bits per heavy atom. The average Bonchev–Trinajstić information content (AvgIpc) is 2.90. The first-order valence-electron chi connectivity index (χ1n) is 6.62. The number of aliphatic imine (C=N–C) groups is 1. The van der Waals surface area contributed by atoms with Crippen LogP contribution < -0.4 is 4.74 Å². The highest BCUT2D eigenvalue weighted by molar-refractivity contribution is 8.13. The zero-order valence-corrected chi connectivity index (χ0v) is 12.4. The Kier molecular flexibility index (Phi) is 3.73. The van der Waals surface area contributed by atoms with Crippen LogP contribution in [0, 0.1) is 0 Å². The average molecular weight is 288 g/mol. The van der Waals surface area contributed by atoms with Crippen LogP contribution in [0.5, 0.6) is 5.75 Å². The molecule has 0 radical (unpaired) electrons. The van der Waals surface area contributed by atoms with Crippen molar-refractivity contribution in [1.29, 1.82) is 0 Å². The van der Waals surface area contributed by atoms with Gasteiger partial charge in [-0.2, -0.15) is 14.5 Å². The summed E-state index contributed by atoms with van der Waals surface area (Å²) in [6.07, 6.45) is 1.97. The standard InChI is InChI=1S/C14H16N4OS/c1-3-4-13-17-20-14-15-9-12(16-18(13)14)10-5-7-11(19-2)8-6-10/h5-8H,3-4,9H2,1-2H3.